The molecule has 0 unspecified atom stereocenters. The lowest BCUT2D eigenvalue weighted by atomic mass is 10.0. The van der Waals surface area contributed by atoms with Crippen molar-refractivity contribution < 1.29 is 4.74 Å². The average Bonchev–Trinajstić information content (AvgIpc) is 2.43. The summed E-state index contributed by atoms with van der Waals surface area (Å²) in [5.41, 5.74) is 1.16. The molecule has 2 nitrogen and oxygen atoms in total. The Morgan fingerprint density at radius 3 is 2.79 bits per heavy atom. The van der Waals surface area contributed by atoms with E-state index in [1.165, 1.54) is 10.8 Å². The highest BCUT2D eigenvalue weighted by atomic mass is 35.5. The van der Waals surface area contributed by atoms with Crippen LogP contribution in [0.25, 0.3) is 10.8 Å². The van der Waals surface area contributed by atoms with Crippen LogP contribution >= 0.6 is 11.6 Å². The van der Waals surface area contributed by atoms with Crippen LogP contribution in [0.4, 0.5) is 0 Å². The first-order valence-corrected chi connectivity index (χ1v) is 6.77. The van der Waals surface area contributed by atoms with Gasteiger partial charge in [-0.25, -0.2) is 0 Å². The van der Waals surface area contributed by atoms with Gasteiger partial charge in [0.1, 0.15) is 12.4 Å². The molecule has 100 valence electrons. The number of halogens is 1. The van der Waals surface area contributed by atoms with Crippen LogP contribution < -0.4 is 10.1 Å². The summed E-state index contributed by atoms with van der Waals surface area (Å²) in [4.78, 5) is 0. The number of ether oxygens (including phenoxy) is 1. The van der Waals surface area contributed by atoms with Crippen LogP contribution in [0.5, 0.6) is 5.75 Å². The Labute approximate surface area is 119 Å². The van der Waals surface area contributed by atoms with Crippen molar-refractivity contribution in [3.05, 3.63) is 53.6 Å². The summed E-state index contributed by atoms with van der Waals surface area (Å²) in [5.74, 6) is 0.862. The fraction of sp³-hybridized carbons (Fsp3) is 0.250. The third-order valence-electron chi connectivity index (χ3n) is 2.93. The molecular formula is C16H18ClNO. The number of fused-ring (bicyclic) bond motifs is 1. The molecule has 0 aliphatic rings. The minimum absolute atomic E-state index is 0.332. The molecule has 0 spiro atoms. The molecule has 3 heteroatoms. The molecule has 0 aromatic heterocycles. The van der Waals surface area contributed by atoms with Crippen LogP contribution in [0.2, 0.25) is 0 Å². The van der Waals surface area contributed by atoms with Gasteiger partial charge in [0, 0.05) is 17.1 Å². The molecule has 0 atom stereocenters. The van der Waals surface area contributed by atoms with Crippen LogP contribution in [-0.2, 0) is 6.54 Å². The quantitative estimate of drug-likeness (QED) is 0.858. The fourth-order valence-electron chi connectivity index (χ4n) is 2.04. The Bertz CT molecular complexity index is 580. The Morgan fingerprint density at radius 1 is 1.26 bits per heavy atom. The van der Waals surface area contributed by atoms with Gasteiger partial charge in [-0.3, -0.25) is 0 Å². The van der Waals surface area contributed by atoms with Crippen molar-refractivity contribution in [1.29, 1.82) is 0 Å². The van der Waals surface area contributed by atoms with Gasteiger partial charge in [0.2, 0.25) is 0 Å². The van der Waals surface area contributed by atoms with Crippen LogP contribution in [0.3, 0.4) is 0 Å². The van der Waals surface area contributed by atoms with Crippen molar-refractivity contribution in [2.24, 2.45) is 0 Å². The molecule has 2 aromatic carbocycles. The summed E-state index contributed by atoms with van der Waals surface area (Å²) in [6, 6.07) is 12.4. The van der Waals surface area contributed by atoms with E-state index in [-0.39, 0.29) is 0 Å². The number of hydrogen-bond donors (Lipinski definition) is 1. The van der Waals surface area contributed by atoms with E-state index in [0.29, 0.717) is 11.6 Å². The zero-order valence-corrected chi connectivity index (χ0v) is 11.8. The summed E-state index contributed by atoms with van der Waals surface area (Å²) in [6.07, 6.45) is 0. The van der Waals surface area contributed by atoms with Crippen molar-refractivity contribution in [3.63, 3.8) is 0 Å². The lowest BCUT2D eigenvalue weighted by Gasteiger charge is -2.14. The molecule has 0 fully saturated rings. The first-order chi connectivity index (χ1) is 9.22. The maximum atomic E-state index is 5.77. The van der Waals surface area contributed by atoms with Gasteiger partial charge < -0.3 is 10.1 Å². The largest absolute Gasteiger partial charge is 0.488 e. The van der Waals surface area contributed by atoms with Gasteiger partial charge in [0.05, 0.1) is 0 Å². The van der Waals surface area contributed by atoms with Crippen molar-refractivity contribution in [2.45, 2.75) is 13.5 Å². The molecule has 2 aromatic rings. The molecule has 19 heavy (non-hydrogen) atoms. The van der Waals surface area contributed by atoms with E-state index in [4.69, 9.17) is 16.3 Å². The van der Waals surface area contributed by atoms with Crippen LogP contribution in [0.15, 0.2) is 48.0 Å². The SMILES string of the molecule is C=C(Cl)COc1ccc2ccccc2c1CNCC. The Morgan fingerprint density at radius 2 is 2.05 bits per heavy atom. The Hall–Kier alpha value is -1.51. The lowest BCUT2D eigenvalue weighted by Crippen LogP contribution is -2.13. The van der Waals surface area contributed by atoms with Crippen molar-refractivity contribution in [3.8, 4) is 5.75 Å². The second-order valence-corrected chi connectivity index (χ2v) is 4.88. The summed E-state index contributed by atoms with van der Waals surface area (Å²) >= 11 is 5.77. The molecule has 0 aliphatic carbocycles. The Kier molecular flexibility index (Phi) is 4.83. The molecular weight excluding hydrogens is 258 g/mol. The lowest BCUT2D eigenvalue weighted by molar-refractivity contribution is 0.355. The van der Waals surface area contributed by atoms with E-state index in [1.54, 1.807) is 0 Å². The first kappa shape index (κ1) is 13.9. The zero-order valence-electron chi connectivity index (χ0n) is 11.1. The van der Waals surface area contributed by atoms with E-state index < -0.39 is 0 Å². The maximum absolute atomic E-state index is 5.77. The number of nitrogens with one attached hydrogen (secondary N) is 1. The van der Waals surface area contributed by atoms with Crippen LogP contribution in [-0.4, -0.2) is 13.2 Å². The normalized spacial score (nSPS) is 10.6. The van der Waals surface area contributed by atoms with E-state index in [2.05, 4.69) is 37.0 Å². The number of benzene rings is 2. The summed E-state index contributed by atoms with van der Waals surface area (Å²) in [5, 5.41) is 6.28. The predicted octanol–water partition coefficient (Wildman–Crippen LogP) is 4.08. The fourth-order valence-corrected chi connectivity index (χ4v) is 2.09. The molecule has 0 bridgehead atoms. The van der Waals surface area contributed by atoms with Gasteiger partial charge in [-0.1, -0.05) is 55.4 Å². The van der Waals surface area contributed by atoms with Crippen molar-refractivity contribution in [1.82, 2.24) is 5.32 Å². The van der Waals surface area contributed by atoms with Gasteiger partial charge in [0.15, 0.2) is 0 Å². The summed E-state index contributed by atoms with van der Waals surface area (Å²) < 4.78 is 5.73. The highest BCUT2D eigenvalue weighted by Gasteiger charge is 2.08. The molecule has 0 saturated carbocycles. The standard InChI is InChI=1S/C16H18ClNO/c1-3-18-10-15-14-7-5-4-6-13(14)8-9-16(15)19-11-12(2)17/h4-9,18H,2-3,10-11H2,1H3. The summed E-state index contributed by atoms with van der Waals surface area (Å²) in [7, 11) is 0. The van der Waals surface area contributed by atoms with Crippen LogP contribution in [0.1, 0.15) is 12.5 Å². The van der Waals surface area contributed by atoms with Crippen molar-refractivity contribution >= 4 is 22.4 Å². The highest BCUT2D eigenvalue weighted by Crippen LogP contribution is 2.28. The first-order valence-electron chi connectivity index (χ1n) is 6.39. The second-order valence-electron chi connectivity index (χ2n) is 4.35. The number of rotatable bonds is 6. The number of hydrogen-bond acceptors (Lipinski definition) is 2. The minimum Gasteiger partial charge on any atom is -0.488 e. The van der Waals surface area contributed by atoms with Gasteiger partial charge in [-0.05, 0) is 23.4 Å². The third-order valence-corrected chi connectivity index (χ3v) is 3.04. The smallest absolute Gasteiger partial charge is 0.124 e. The molecule has 2 rings (SSSR count). The molecule has 0 heterocycles. The topological polar surface area (TPSA) is 21.3 Å². The highest BCUT2D eigenvalue weighted by molar-refractivity contribution is 6.29. The average molecular weight is 276 g/mol. The van der Waals surface area contributed by atoms with Gasteiger partial charge in [-0.2, -0.15) is 0 Å². The van der Waals surface area contributed by atoms with E-state index in [1.807, 2.05) is 18.2 Å². The second kappa shape index (κ2) is 6.60. The van der Waals surface area contributed by atoms with Gasteiger partial charge in [-0.15, -0.1) is 0 Å². The van der Waals surface area contributed by atoms with Crippen LogP contribution in [0, 0.1) is 0 Å². The molecule has 0 aliphatic heterocycles. The zero-order chi connectivity index (χ0) is 13.7. The van der Waals surface area contributed by atoms with Crippen molar-refractivity contribution in [2.75, 3.05) is 13.2 Å². The molecule has 0 amide bonds. The molecule has 0 saturated heterocycles. The maximum Gasteiger partial charge on any atom is 0.124 e. The summed E-state index contributed by atoms with van der Waals surface area (Å²) in [6.45, 7) is 7.77. The predicted molar refractivity (Wildman–Crippen MR) is 81.8 cm³/mol. The van der Waals surface area contributed by atoms with Gasteiger partial charge >= 0.3 is 0 Å². The minimum atomic E-state index is 0.332. The van der Waals surface area contributed by atoms with E-state index in [0.717, 1.165) is 24.4 Å². The van der Waals surface area contributed by atoms with E-state index >= 15 is 0 Å². The Balaban J connectivity index is 2.40. The third kappa shape index (κ3) is 3.49. The monoisotopic (exact) mass is 275 g/mol. The van der Waals surface area contributed by atoms with E-state index in [9.17, 15) is 0 Å². The van der Waals surface area contributed by atoms with Gasteiger partial charge in [0.25, 0.3) is 0 Å². The molecule has 0 radical (unpaired) electrons. The molecule has 1 N–H and O–H groups in total.